The minimum atomic E-state index is -1.62. The van der Waals surface area contributed by atoms with Gasteiger partial charge in [0.15, 0.2) is 0 Å². The molecule has 0 spiro atoms. The van der Waals surface area contributed by atoms with E-state index in [0.717, 1.165) is 11.3 Å². The van der Waals surface area contributed by atoms with Crippen LogP contribution in [0.2, 0.25) is 0 Å². The molecule has 0 fully saturated rings. The maximum Gasteiger partial charge on any atom is 0.278 e. The number of nitrogens with one attached hydrogen (secondary N) is 2. The summed E-state index contributed by atoms with van der Waals surface area (Å²) in [5, 5.41) is 5.40. The molecule has 0 bridgehead atoms. The molecule has 1 aromatic heterocycles. The molecule has 2 aromatic rings. The van der Waals surface area contributed by atoms with E-state index in [-0.39, 0.29) is 6.54 Å². The Hall–Kier alpha value is -2.76. The summed E-state index contributed by atoms with van der Waals surface area (Å²) in [6.45, 7) is 5.38. The molecule has 6 nitrogen and oxygen atoms in total. The predicted octanol–water partition coefficient (Wildman–Crippen LogP) is 2.30. The van der Waals surface area contributed by atoms with E-state index in [1.165, 1.54) is 6.92 Å². The van der Waals surface area contributed by atoms with E-state index in [0.29, 0.717) is 17.2 Å². The van der Waals surface area contributed by atoms with E-state index in [1.807, 2.05) is 26.0 Å². The quantitative estimate of drug-likeness (QED) is 0.852. The Morgan fingerprint density at radius 3 is 2.74 bits per heavy atom. The summed E-state index contributed by atoms with van der Waals surface area (Å²) in [5.74, 6) is 0.837. The van der Waals surface area contributed by atoms with E-state index in [2.05, 4.69) is 10.6 Å². The van der Waals surface area contributed by atoms with Crippen molar-refractivity contribution in [2.24, 2.45) is 0 Å². The van der Waals surface area contributed by atoms with Crippen LogP contribution in [0.25, 0.3) is 0 Å². The number of carbonyl (C=O) groups is 2. The number of benzene rings is 1. The van der Waals surface area contributed by atoms with Crippen LogP contribution in [0, 0.1) is 13.8 Å². The van der Waals surface area contributed by atoms with E-state index in [1.54, 1.807) is 18.2 Å². The summed E-state index contributed by atoms with van der Waals surface area (Å²) >= 11 is 0. The van der Waals surface area contributed by atoms with Gasteiger partial charge in [-0.15, -0.1) is 0 Å². The molecule has 2 amide bonds. The van der Waals surface area contributed by atoms with Crippen molar-refractivity contribution in [1.82, 2.24) is 5.32 Å². The molecule has 2 N–H and O–H groups in total. The lowest BCUT2D eigenvalue weighted by molar-refractivity contribution is -0.146. The first kappa shape index (κ1) is 15.1. The summed E-state index contributed by atoms with van der Waals surface area (Å²) < 4.78 is 11.1. The average Bonchev–Trinajstić information content (AvgIpc) is 2.92. The second-order valence-electron chi connectivity index (χ2n) is 5.78. The molecule has 1 aliphatic heterocycles. The monoisotopic (exact) mass is 314 g/mol. The van der Waals surface area contributed by atoms with E-state index >= 15 is 0 Å². The van der Waals surface area contributed by atoms with Gasteiger partial charge in [0.05, 0.1) is 12.2 Å². The Labute approximate surface area is 133 Å². The van der Waals surface area contributed by atoms with E-state index in [4.69, 9.17) is 9.15 Å². The van der Waals surface area contributed by atoms with Gasteiger partial charge in [0.25, 0.3) is 17.4 Å². The standard InChI is InChI=1S/C17H18N2O4/c1-10-4-7-14-13(8-10)19-16(21)17(3,23-14)15(20)18-9-12-6-5-11(2)22-12/h4-8H,9H2,1-3H3,(H,18,20)(H,19,21)/t17-/m0/s1. The molecule has 1 aliphatic rings. The van der Waals surface area contributed by atoms with Gasteiger partial charge in [-0.1, -0.05) is 6.07 Å². The Morgan fingerprint density at radius 2 is 2.04 bits per heavy atom. The summed E-state index contributed by atoms with van der Waals surface area (Å²) in [4.78, 5) is 24.8. The Morgan fingerprint density at radius 1 is 1.26 bits per heavy atom. The van der Waals surface area contributed by atoms with Crippen molar-refractivity contribution in [3.8, 4) is 5.75 Å². The first-order chi connectivity index (χ1) is 10.9. The third kappa shape index (κ3) is 2.79. The van der Waals surface area contributed by atoms with E-state index in [9.17, 15) is 9.59 Å². The average molecular weight is 314 g/mol. The summed E-state index contributed by atoms with van der Waals surface area (Å²) in [6.07, 6.45) is 0. The molecule has 6 heteroatoms. The molecule has 23 heavy (non-hydrogen) atoms. The fourth-order valence-electron chi connectivity index (χ4n) is 2.40. The second kappa shape index (κ2) is 5.46. The highest BCUT2D eigenvalue weighted by Crippen LogP contribution is 2.34. The normalized spacial score (nSPS) is 19.5. The maximum atomic E-state index is 12.4. The van der Waals surface area contributed by atoms with Crippen LogP contribution in [0.1, 0.15) is 24.0 Å². The topological polar surface area (TPSA) is 80.6 Å². The molecule has 0 radical (unpaired) electrons. The number of hydrogen-bond donors (Lipinski definition) is 2. The lowest BCUT2D eigenvalue weighted by Crippen LogP contribution is -2.58. The van der Waals surface area contributed by atoms with Gasteiger partial charge < -0.3 is 19.8 Å². The van der Waals surface area contributed by atoms with Crippen LogP contribution >= 0.6 is 0 Å². The molecule has 0 unspecified atom stereocenters. The number of ether oxygens (including phenoxy) is 1. The van der Waals surface area contributed by atoms with E-state index < -0.39 is 17.4 Å². The van der Waals surface area contributed by atoms with Gasteiger partial charge in [-0.25, -0.2) is 0 Å². The van der Waals surface area contributed by atoms with Gasteiger partial charge in [-0.2, -0.15) is 0 Å². The number of furan rings is 1. The molecule has 1 atom stereocenters. The number of fused-ring (bicyclic) bond motifs is 1. The van der Waals surface area contributed by atoms with Crippen molar-refractivity contribution in [2.75, 3.05) is 5.32 Å². The lowest BCUT2D eigenvalue weighted by atomic mass is 10.0. The lowest BCUT2D eigenvalue weighted by Gasteiger charge is -2.33. The van der Waals surface area contributed by atoms with Crippen molar-refractivity contribution < 1.29 is 18.7 Å². The molecule has 0 saturated heterocycles. The molecule has 1 aromatic carbocycles. The fraction of sp³-hybridized carbons (Fsp3) is 0.294. The number of hydrogen-bond acceptors (Lipinski definition) is 4. The van der Waals surface area contributed by atoms with Crippen LogP contribution in [0.3, 0.4) is 0 Å². The molecule has 120 valence electrons. The van der Waals surface area contributed by atoms with Crippen LogP contribution in [0.5, 0.6) is 5.75 Å². The van der Waals surface area contributed by atoms with Crippen molar-refractivity contribution >= 4 is 17.5 Å². The zero-order chi connectivity index (χ0) is 16.6. The first-order valence-corrected chi connectivity index (χ1v) is 7.33. The number of rotatable bonds is 3. The maximum absolute atomic E-state index is 12.4. The van der Waals surface area contributed by atoms with Crippen LogP contribution in [0.15, 0.2) is 34.7 Å². The molecule has 2 heterocycles. The van der Waals surface area contributed by atoms with Crippen molar-refractivity contribution in [3.05, 3.63) is 47.4 Å². The number of anilines is 1. The minimum Gasteiger partial charge on any atom is -0.466 e. The summed E-state index contributed by atoms with van der Waals surface area (Å²) in [7, 11) is 0. The SMILES string of the molecule is Cc1ccc2c(c1)NC(=O)[C@](C)(C(=O)NCc1ccc(C)o1)O2. The first-order valence-electron chi connectivity index (χ1n) is 7.33. The van der Waals surface area contributed by atoms with Gasteiger partial charge in [0.1, 0.15) is 17.3 Å². The molecule has 0 aliphatic carbocycles. The largest absolute Gasteiger partial charge is 0.466 e. The van der Waals surface area contributed by atoms with Gasteiger partial charge in [0.2, 0.25) is 0 Å². The predicted molar refractivity (Wildman–Crippen MR) is 84.1 cm³/mol. The van der Waals surface area contributed by atoms with Gasteiger partial charge in [-0.05, 0) is 50.6 Å². The van der Waals surface area contributed by atoms with Gasteiger partial charge in [0, 0.05) is 0 Å². The van der Waals surface area contributed by atoms with Crippen LogP contribution < -0.4 is 15.4 Å². The highest BCUT2D eigenvalue weighted by molar-refractivity contribution is 6.15. The van der Waals surface area contributed by atoms with Crippen LogP contribution in [0.4, 0.5) is 5.69 Å². The number of aryl methyl sites for hydroxylation is 2. The van der Waals surface area contributed by atoms with Gasteiger partial charge >= 0.3 is 0 Å². The summed E-state index contributed by atoms with van der Waals surface area (Å²) in [5.41, 5.74) is -0.0556. The fourth-order valence-corrected chi connectivity index (χ4v) is 2.40. The molecular formula is C17H18N2O4. The molecular weight excluding hydrogens is 296 g/mol. The Kier molecular flexibility index (Phi) is 3.60. The molecule has 0 saturated carbocycles. The van der Waals surface area contributed by atoms with Crippen LogP contribution in [-0.4, -0.2) is 17.4 Å². The Bertz CT molecular complexity index is 781. The van der Waals surface area contributed by atoms with Crippen molar-refractivity contribution in [2.45, 2.75) is 32.9 Å². The number of carbonyl (C=O) groups excluding carboxylic acids is 2. The third-order valence-corrected chi connectivity index (χ3v) is 3.78. The zero-order valence-electron chi connectivity index (χ0n) is 13.2. The number of amides is 2. The van der Waals surface area contributed by atoms with Crippen molar-refractivity contribution in [3.63, 3.8) is 0 Å². The smallest absolute Gasteiger partial charge is 0.278 e. The van der Waals surface area contributed by atoms with Gasteiger partial charge in [-0.3, -0.25) is 9.59 Å². The summed E-state index contributed by atoms with van der Waals surface area (Å²) in [6, 6.07) is 8.99. The highest BCUT2D eigenvalue weighted by Gasteiger charge is 2.47. The van der Waals surface area contributed by atoms with Crippen molar-refractivity contribution in [1.29, 1.82) is 0 Å². The second-order valence-corrected chi connectivity index (χ2v) is 5.78. The third-order valence-electron chi connectivity index (χ3n) is 3.78. The Balaban J connectivity index is 1.76. The minimum absolute atomic E-state index is 0.194. The zero-order valence-corrected chi connectivity index (χ0v) is 13.2. The molecule has 3 rings (SSSR count). The highest BCUT2D eigenvalue weighted by atomic mass is 16.5. The van der Waals surface area contributed by atoms with Crippen LogP contribution in [-0.2, 0) is 16.1 Å².